The molecule has 0 aliphatic carbocycles. The number of carbonyl (C=O) groups excluding carboxylic acids is 2. The van der Waals surface area contributed by atoms with Crippen LogP contribution in [-0.2, 0) is 19.1 Å². The summed E-state index contributed by atoms with van der Waals surface area (Å²) in [6.45, 7) is 14.0. The van der Waals surface area contributed by atoms with Crippen LogP contribution in [0.15, 0.2) is 25.3 Å². The van der Waals surface area contributed by atoms with Crippen LogP contribution >= 0.6 is 0 Å². The third-order valence-electron chi connectivity index (χ3n) is 2.80. The fourth-order valence-electron chi connectivity index (χ4n) is 1.50. The van der Waals surface area contributed by atoms with Crippen molar-refractivity contribution in [1.29, 1.82) is 0 Å². The van der Waals surface area contributed by atoms with E-state index in [1.807, 2.05) is 13.8 Å². The van der Waals surface area contributed by atoms with E-state index in [-0.39, 0.29) is 23.7 Å². The summed E-state index contributed by atoms with van der Waals surface area (Å²) in [6.07, 6.45) is 2.50. The van der Waals surface area contributed by atoms with Gasteiger partial charge in [0.2, 0.25) is 11.8 Å². The molecule has 0 aromatic rings. The first-order valence-corrected chi connectivity index (χ1v) is 7.45. The Morgan fingerprint density at radius 3 is 1.59 bits per heavy atom. The normalized spacial score (nSPS) is 13.0. The molecular formula is C16H28N2O4. The minimum absolute atomic E-state index is 0.173. The zero-order valence-electron chi connectivity index (χ0n) is 13.6. The Morgan fingerprint density at radius 1 is 0.909 bits per heavy atom. The smallest absolute Gasteiger partial charge is 0.243 e. The molecule has 0 radical (unpaired) electrons. The lowest BCUT2D eigenvalue weighted by atomic mass is 10.2. The zero-order valence-corrected chi connectivity index (χ0v) is 13.6. The number of amides is 2. The van der Waals surface area contributed by atoms with E-state index in [4.69, 9.17) is 9.47 Å². The van der Waals surface area contributed by atoms with Crippen LogP contribution in [0.1, 0.15) is 13.8 Å². The summed E-state index contributed by atoms with van der Waals surface area (Å²) in [5, 5.41) is 5.43. The van der Waals surface area contributed by atoms with Gasteiger partial charge in [-0.1, -0.05) is 27.0 Å². The molecule has 6 heteroatoms. The van der Waals surface area contributed by atoms with Gasteiger partial charge in [-0.2, -0.15) is 0 Å². The molecule has 0 rings (SSSR count). The second kappa shape index (κ2) is 13.0. The molecule has 2 amide bonds. The van der Waals surface area contributed by atoms with Crippen molar-refractivity contribution in [1.82, 2.24) is 10.6 Å². The van der Waals surface area contributed by atoms with E-state index in [0.717, 1.165) is 0 Å². The molecule has 6 nitrogen and oxygen atoms in total. The van der Waals surface area contributed by atoms with Crippen molar-refractivity contribution in [3.05, 3.63) is 25.3 Å². The summed E-state index contributed by atoms with van der Waals surface area (Å²) in [5.74, 6) is 0.120. The van der Waals surface area contributed by atoms with Crippen LogP contribution in [-0.4, -0.2) is 51.3 Å². The first-order valence-electron chi connectivity index (χ1n) is 7.45. The maximum Gasteiger partial charge on any atom is 0.243 e. The van der Waals surface area contributed by atoms with E-state index >= 15 is 0 Å². The minimum Gasteiger partial charge on any atom is -0.379 e. The highest BCUT2D eigenvalue weighted by Gasteiger charge is 2.05. The molecule has 0 saturated carbocycles. The summed E-state index contributed by atoms with van der Waals surface area (Å²) in [6, 6.07) is 0. The minimum atomic E-state index is -0.173. The maximum absolute atomic E-state index is 11.0. The summed E-state index contributed by atoms with van der Waals surface area (Å²) < 4.78 is 10.9. The second-order valence-electron chi connectivity index (χ2n) is 5.26. The van der Waals surface area contributed by atoms with Crippen molar-refractivity contribution in [3.63, 3.8) is 0 Å². The summed E-state index contributed by atoms with van der Waals surface area (Å²) in [7, 11) is 0. The molecule has 22 heavy (non-hydrogen) atoms. The Morgan fingerprint density at radius 2 is 1.27 bits per heavy atom. The van der Waals surface area contributed by atoms with Gasteiger partial charge in [-0.3, -0.25) is 9.59 Å². The highest BCUT2D eigenvalue weighted by atomic mass is 16.5. The van der Waals surface area contributed by atoms with Crippen molar-refractivity contribution >= 4 is 11.8 Å². The van der Waals surface area contributed by atoms with Crippen LogP contribution in [0, 0.1) is 11.8 Å². The van der Waals surface area contributed by atoms with Gasteiger partial charge < -0.3 is 20.1 Å². The van der Waals surface area contributed by atoms with E-state index in [9.17, 15) is 9.59 Å². The third-order valence-corrected chi connectivity index (χ3v) is 2.80. The predicted octanol–water partition coefficient (Wildman–Crippen LogP) is 0.896. The van der Waals surface area contributed by atoms with Gasteiger partial charge in [0.15, 0.2) is 0 Å². The van der Waals surface area contributed by atoms with Gasteiger partial charge in [-0.05, 0) is 24.0 Å². The molecule has 126 valence electrons. The largest absolute Gasteiger partial charge is 0.379 e. The molecule has 0 bridgehead atoms. The average molecular weight is 312 g/mol. The van der Waals surface area contributed by atoms with Gasteiger partial charge in [-0.15, -0.1) is 0 Å². The number of rotatable bonds is 13. The molecule has 0 fully saturated rings. The number of hydrogen-bond acceptors (Lipinski definition) is 4. The van der Waals surface area contributed by atoms with Crippen molar-refractivity contribution in [3.8, 4) is 0 Å². The number of carbonyl (C=O) groups is 2. The fraction of sp³-hybridized carbons (Fsp3) is 0.625. The molecule has 2 N–H and O–H groups in total. The van der Waals surface area contributed by atoms with Crippen LogP contribution in [0.2, 0.25) is 0 Å². The summed E-state index contributed by atoms with van der Waals surface area (Å²) in [4.78, 5) is 22.0. The lowest BCUT2D eigenvalue weighted by Crippen LogP contribution is -2.29. The quantitative estimate of drug-likeness (QED) is 0.391. The molecule has 0 saturated heterocycles. The number of nitrogens with one attached hydrogen (secondary N) is 2. The SMILES string of the molecule is C=CC(=O)NCC(C)COCCOCC(C)CNC(=O)C=C. The van der Waals surface area contributed by atoms with Crippen LogP contribution < -0.4 is 10.6 Å². The molecular weight excluding hydrogens is 284 g/mol. The third kappa shape index (κ3) is 12.1. The van der Waals surface area contributed by atoms with E-state index in [0.29, 0.717) is 39.5 Å². The monoisotopic (exact) mass is 312 g/mol. The van der Waals surface area contributed by atoms with E-state index < -0.39 is 0 Å². The molecule has 0 aromatic heterocycles. The van der Waals surface area contributed by atoms with Crippen LogP contribution in [0.25, 0.3) is 0 Å². The van der Waals surface area contributed by atoms with Gasteiger partial charge in [-0.25, -0.2) is 0 Å². The summed E-state index contributed by atoms with van der Waals surface area (Å²) >= 11 is 0. The Labute approximate surface area is 132 Å². The maximum atomic E-state index is 11.0. The standard InChI is InChI=1S/C16H28N2O4/c1-5-15(19)17-9-13(3)11-21-7-8-22-12-14(4)10-18-16(20)6-2/h5-6,13-14H,1-2,7-12H2,3-4H3,(H,17,19)(H,18,20). The number of ether oxygens (including phenoxy) is 2. The van der Waals surface area contributed by atoms with E-state index in [1.54, 1.807) is 0 Å². The predicted molar refractivity (Wildman–Crippen MR) is 86.4 cm³/mol. The van der Waals surface area contributed by atoms with Gasteiger partial charge in [0.05, 0.1) is 26.4 Å². The van der Waals surface area contributed by atoms with Crippen molar-refractivity contribution in [2.75, 3.05) is 39.5 Å². The summed E-state index contributed by atoms with van der Waals surface area (Å²) in [5.41, 5.74) is 0. The Kier molecular flexibility index (Phi) is 12.1. The average Bonchev–Trinajstić information content (AvgIpc) is 2.53. The van der Waals surface area contributed by atoms with Gasteiger partial charge in [0.1, 0.15) is 0 Å². The highest BCUT2D eigenvalue weighted by Crippen LogP contribution is 1.96. The Bertz CT molecular complexity index is 324. The Balaban J connectivity index is 3.45. The first kappa shape index (κ1) is 20.3. The van der Waals surface area contributed by atoms with Crippen LogP contribution in [0.3, 0.4) is 0 Å². The van der Waals surface area contributed by atoms with Crippen molar-refractivity contribution in [2.45, 2.75) is 13.8 Å². The molecule has 0 aliphatic heterocycles. The van der Waals surface area contributed by atoms with E-state index in [1.165, 1.54) is 12.2 Å². The molecule has 0 aliphatic rings. The van der Waals surface area contributed by atoms with Gasteiger partial charge in [0, 0.05) is 13.1 Å². The van der Waals surface area contributed by atoms with Gasteiger partial charge >= 0.3 is 0 Å². The van der Waals surface area contributed by atoms with Crippen molar-refractivity contribution < 1.29 is 19.1 Å². The molecule has 2 atom stereocenters. The molecule has 2 unspecified atom stereocenters. The number of hydrogen-bond donors (Lipinski definition) is 2. The molecule has 0 heterocycles. The lowest BCUT2D eigenvalue weighted by molar-refractivity contribution is -0.117. The topological polar surface area (TPSA) is 76.7 Å². The molecule has 0 aromatic carbocycles. The van der Waals surface area contributed by atoms with Crippen LogP contribution in [0.4, 0.5) is 0 Å². The van der Waals surface area contributed by atoms with Crippen molar-refractivity contribution in [2.24, 2.45) is 11.8 Å². The first-order chi connectivity index (χ1) is 10.5. The van der Waals surface area contributed by atoms with Gasteiger partial charge in [0.25, 0.3) is 0 Å². The Hall–Kier alpha value is -1.66. The van der Waals surface area contributed by atoms with Crippen LogP contribution in [0.5, 0.6) is 0 Å². The molecule has 0 spiro atoms. The fourth-order valence-corrected chi connectivity index (χ4v) is 1.50. The van der Waals surface area contributed by atoms with E-state index in [2.05, 4.69) is 23.8 Å². The highest BCUT2D eigenvalue weighted by molar-refractivity contribution is 5.87. The zero-order chi connectivity index (χ0) is 16.8. The lowest BCUT2D eigenvalue weighted by Gasteiger charge is -2.14. The second-order valence-corrected chi connectivity index (χ2v) is 5.26.